The van der Waals surface area contributed by atoms with Crippen LogP contribution in [0.3, 0.4) is 0 Å². The third-order valence-corrected chi connectivity index (χ3v) is 4.59. The van der Waals surface area contributed by atoms with Crippen molar-refractivity contribution in [3.63, 3.8) is 0 Å². The maximum Gasteiger partial charge on any atom is 0.141 e. The zero-order chi connectivity index (χ0) is 18.7. The molecule has 0 spiro atoms. The van der Waals surface area contributed by atoms with E-state index in [2.05, 4.69) is 33.9 Å². The molecule has 0 aliphatic heterocycles. The molecule has 0 aliphatic rings. The first-order chi connectivity index (χ1) is 12.5. The maximum absolute atomic E-state index is 6.48. The van der Waals surface area contributed by atoms with E-state index in [1.165, 1.54) is 0 Å². The van der Waals surface area contributed by atoms with Gasteiger partial charge in [0.1, 0.15) is 22.9 Å². The summed E-state index contributed by atoms with van der Waals surface area (Å²) >= 11 is 6.48. The first-order valence-corrected chi connectivity index (χ1v) is 9.44. The number of anilines is 1. The van der Waals surface area contributed by atoms with E-state index < -0.39 is 0 Å². The number of benzene rings is 1. The van der Waals surface area contributed by atoms with Gasteiger partial charge in [0, 0.05) is 18.7 Å². The molecule has 0 aliphatic carbocycles. The Labute approximate surface area is 159 Å². The molecule has 0 N–H and O–H groups in total. The van der Waals surface area contributed by atoms with Gasteiger partial charge in [0.15, 0.2) is 0 Å². The second-order valence-corrected chi connectivity index (χ2v) is 6.93. The van der Waals surface area contributed by atoms with E-state index in [4.69, 9.17) is 16.6 Å². The fourth-order valence-corrected chi connectivity index (χ4v) is 3.48. The number of nitrogens with zero attached hydrogens (tertiary/aromatic N) is 5. The predicted molar refractivity (Wildman–Crippen MR) is 108 cm³/mol. The molecule has 3 aromatic rings. The highest BCUT2D eigenvalue weighted by molar-refractivity contribution is 6.33. The van der Waals surface area contributed by atoms with Crippen LogP contribution < -0.4 is 4.90 Å². The summed E-state index contributed by atoms with van der Waals surface area (Å²) in [5.41, 5.74) is 3.45. The van der Waals surface area contributed by atoms with Gasteiger partial charge in [-0.15, -0.1) is 5.10 Å². The number of fused-ring (bicyclic) bond motifs is 1. The maximum atomic E-state index is 6.48. The smallest absolute Gasteiger partial charge is 0.141 e. The van der Waals surface area contributed by atoms with Gasteiger partial charge in [-0.25, -0.2) is 9.97 Å². The van der Waals surface area contributed by atoms with Crippen LogP contribution in [0.1, 0.15) is 38.1 Å². The van der Waals surface area contributed by atoms with Gasteiger partial charge in [0.2, 0.25) is 0 Å². The van der Waals surface area contributed by atoms with Crippen LogP contribution >= 0.6 is 11.6 Å². The molecule has 0 fully saturated rings. The van der Waals surface area contributed by atoms with Crippen LogP contribution in [0.5, 0.6) is 0 Å². The molecule has 0 saturated heterocycles. The Morgan fingerprint density at radius 2 is 1.77 bits per heavy atom. The average molecular weight is 370 g/mol. The summed E-state index contributed by atoms with van der Waals surface area (Å²) < 4.78 is 0. The molecule has 136 valence electrons. The second kappa shape index (κ2) is 7.96. The van der Waals surface area contributed by atoms with Gasteiger partial charge in [-0.3, -0.25) is 0 Å². The zero-order valence-electron chi connectivity index (χ0n) is 15.8. The molecule has 0 atom stereocenters. The molecule has 0 amide bonds. The molecule has 1 aromatic carbocycles. The number of hydrogen-bond donors (Lipinski definition) is 0. The van der Waals surface area contributed by atoms with Crippen LogP contribution in [0.15, 0.2) is 24.4 Å². The predicted octanol–water partition coefficient (Wildman–Crippen LogP) is 4.98. The Morgan fingerprint density at radius 3 is 2.42 bits per heavy atom. The lowest BCUT2D eigenvalue weighted by Crippen LogP contribution is -2.26. The number of aryl methyl sites for hydroxylation is 2. The lowest BCUT2D eigenvalue weighted by Gasteiger charge is -2.24. The molecule has 6 heteroatoms. The van der Waals surface area contributed by atoms with Crippen LogP contribution in [0.25, 0.3) is 22.2 Å². The summed E-state index contributed by atoms with van der Waals surface area (Å²) in [6.07, 6.45) is 3.87. The highest BCUT2D eigenvalue weighted by Gasteiger charge is 2.18. The topological polar surface area (TPSA) is 54.8 Å². The highest BCUT2D eigenvalue weighted by Crippen LogP contribution is 2.33. The van der Waals surface area contributed by atoms with Crippen molar-refractivity contribution in [2.45, 2.75) is 40.5 Å². The minimum absolute atomic E-state index is 0.656. The van der Waals surface area contributed by atoms with Gasteiger partial charge in [0.05, 0.1) is 16.6 Å². The summed E-state index contributed by atoms with van der Waals surface area (Å²) in [6.45, 7) is 10.2. The summed E-state index contributed by atoms with van der Waals surface area (Å²) in [5.74, 6) is 1.65. The molecule has 26 heavy (non-hydrogen) atoms. The van der Waals surface area contributed by atoms with Crippen molar-refractivity contribution >= 4 is 28.3 Å². The Balaban J connectivity index is 2.25. The van der Waals surface area contributed by atoms with Crippen LogP contribution in [0, 0.1) is 13.8 Å². The Morgan fingerprint density at radius 1 is 1.04 bits per heavy atom. The van der Waals surface area contributed by atoms with Crippen LogP contribution in [-0.2, 0) is 0 Å². The lowest BCUT2D eigenvalue weighted by atomic mass is 10.1. The molecule has 3 rings (SSSR count). The van der Waals surface area contributed by atoms with Crippen molar-refractivity contribution in [1.82, 2.24) is 20.2 Å². The first-order valence-electron chi connectivity index (χ1n) is 9.06. The van der Waals surface area contributed by atoms with Crippen molar-refractivity contribution in [3.8, 4) is 11.3 Å². The Bertz CT molecular complexity index is 919. The number of aromatic nitrogens is 4. The second-order valence-electron chi connectivity index (χ2n) is 6.52. The molecule has 0 saturated carbocycles. The third kappa shape index (κ3) is 3.63. The Hall–Kier alpha value is -2.27. The fraction of sp³-hybridized carbons (Fsp3) is 0.400. The minimum Gasteiger partial charge on any atom is -0.356 e. The van der Waals surface area contributed by atoms with Gasteiger partial charge in [-0.2, -0.15) is 5.10 Å². The van der Waals surface area contributed by atoms with E-state index in [0.29, 0.717) is 10.7 Å². The molecule has 2 aromatic heterocycles. The fourth-order valence-electron chi connectivity index (χ4n) is 3.16. The summed E-state index contributed by atoms with van der Waals surface area (Å²) in [7, 11) is 0. The summed E-state index contributed by atoms with van der Waals surface area (Å²) in [4.78, 5) is 11.7. The largest absolute Gasteiger partial charge is 0.356 e. The first kappa shape index (κ1) is 18.5. The van der Waals surface area contributed by atoms with E-state index in [9.17, 15) is 0 Å². The van der Waals surface area contributed by atoms with E-state index in [-0.39, 0.29) is 0 Å². The molecular weight excluding hydrogens is 346 g/mol. The summed E-state index contributed by atoms with van der Waals surface area (Å²) in [6, 6.07) is 5.94. The summed E-state index contributed by atoms with van der Waals surface area (Å²) in [5, 5.41) is 10.2. The SMILES string of the molecule is CCCN(CCC)c1nc(C)nc2c(-c3ccc(C)cc3Cl)nncc12. The standard InChI is InChI=1S/C20H24ClN5/c1-5-9-26(10-6-2)20-16-12-22-25-19(18(16)23-14(4)24-20)15-8-7-13(3)11-17(15)21/h7-8,11-12H,5-6,9-10H2,1-4H3. The van der Waals surface area contributed by atoms with Gasteiger partial charge in [-0.05, 0) is 38.3 Å². The normalized spacial score (nSPS) is 11.1. The van der Waals surface area contributed by atoms with E-state index in [0.717, 1.165) is 59.6 Å². The molecular formula is C20H24ClN5. The molecule has 0 unspecified atom stereocenters. The molecule has 5 nitrogen and oxygen atoms in total. The average Bonchev–Trinajstić information content (AvgIpc) is 2.61. The van der Waals surface area contributed by atoms with Crippen molar-refractivity contribution in [1.29, 1.82) is 0 Å². The van der Waals surface area contributed by atoms with Crippen LogP contribution in [-0.4, -0.2) is 33.3 Å². The van der Waals surface area contributed by atoms with E-state index in [1.54, 1.807) is 6.20 Å². The minimum atomic E-state index is 0.656. The number of halogens is 1. The molecule has 0 radical (unpaired) electrons. The van der Waals surface area contributed by atoms with Crippen LogP contribution in [0.2, 0.25) is 5.02 Å². The highest BCUT2D eigenvalue weighted by atomic mass is 35.5. The van der Waals surface area contributed by atoms with E-state index in [1.807, 2.05) is 32.0 Å². The molecule has 2 heterocycles. The number of hydrogen-bond acceptors (Lipinski definition) is 5. The van der Waals surface area contributed by atoms with Crippen molar-refractivity contribution in [2.75, 3.05) is 18.0 Å². The van der Waals surface area contributed by atoms with Crippen molar-refractivity contribution < 1.29 is 0 Å². The van der Waals surface area contributed by atoms with Gasteiger partial charge in [0.25, 0.3) is 0 Å². The van der Waals surface area contributed by atoms with Gasteiger partial charge >= 0.3 is 0 Å². The van der Waals surface area contributed by atoms with E-state index >= 15 is 0 Å². The third-order valence-electron chi connectivity index (χ3n) is 4.27. The van der Waals surface area contributed by atoms with Crippen molar-refractivity contribution in [2.24, 2.45) is 0 Å². The van der Waals surface area contributed by atoms with Crippen LogP contribution in [0.4, 0.5) is 5.82 Å². The Kier molecular flexibility index (Phi) is 5.67. The quantitative estimate of drug-likeness (QED) is 0.613. The van der Waals surface area contributed by atoms with Gasteiger partial charge in [-0.1, -0.05) is 37.6 Å². The zero-order valence-corrected chi connectivity index (χ0v) is 16.5. The lowest BCUT2D eigenvalue weighted by molar-refractivity contribution is 0.734. The monoisotopic (exact) mass is 369 g/mol. The van der Waals surface area contributed by atoms with Gasteiger partial charge < -0.3 is 4.90 Å². The number of rotatable bonds is 6. The molecule has 0 bridgehead atoms. The van der Waals surface area contributed by atoms with Crippen molar-refractivity contribution in [3.05, 3.63) is 40.8 Å².